The highest BCUT2D eigenvalue weighted by Crippen LogP contribution is 2.26. The number of nitrogens with two attached hydrogens (primary N) is 1. The Balaban J connectivity index is 0.00000112. The molecule has 0 bridgehead atoms. The van der Waals surface area contributed by atoms with Crippen LogP contribution in [0.25, 0.3) is 11.0 Å². The molecule has 82 valence electrons. The standard InChI is InChI=1S/C11H13NO2.ClH/c1-13-10-7-11-9(3-5-14-11)6-8(10)2-4-12;/h3,5-7H,2,4,12H2,1H3;1H. The maximum atomic E-state index is 5.52. The molecular formula is C11H14ClNO2. The molecule has 0 atom stereocenters. The van der Waals surface area contributed by atoms with Crippen molar-refractivity contribution in [3.05, 3.63) is 30.0 Å². The monoisotopic (exact) mass is 227 g/mol. The van der Waals surface area contributed by atoms with Gasteiger partial charge in [0.25, 0.3) is 0 Å². The number of methoxy groups -OCH3 is 1. The molecule has 3 nitrogen and oxygen atoms in total. The molecule has 0 aliphatic heterocycles. The SMILES string of the molecule is COc1cc2occc2cc1CCN.Cl. The molecule has 0 saturated carbocycles. The molecule has 0 amide bonds. The van der Waals surface area contributed by atoms with Crippen molar-refractivity contribution in [3.63, 3.8) is 0 Å². The first-order chi connectivity index (χ1) is 6.85. The Morgan fingerprint density at radius 1 is 1.40 bits per heavy atom. The first-order valence-corrected chi connectivity index (χ1v) is 4.59. The smallest absolute Gasteiger partial charge is 0.137 e. The van der Waals surface area contributed by atoms with Crippen LogP contribution in [-0.2, 0) is 6.42 Å². The average Bonchev–Trinajstić information content (AvgIpc) is 2.64. The summed E-state index contributed by atoms with van der Waals surface area (Å²) in [5.41, 5.74) is 7.50. The van der Waals surface area contributed by atoms with E-state index in [4.69, 9.17) is 14.9 Å². The van der Waals surface area contributed by atoms with Gasteiger partial charge in [-0.05, 0) is 30.7 Å². The van der Waals surface area contributed by atoms with Gasteiger partial charge in [0.2, 0.25) is 0 Å². The lowest BCUT2D eigenvalue weighted by molar-refractivity contribution is 0.409. The minimum Gasteiger partial charge on any atom is -0.496 e. The van der Waals surface area contributed by atoms with Gasteiger partial charge in [0.05, 0.1) is 13.4 Å². The number of hydrogen-bond donors (Lipinski definition) is 1. The van der Waals surface area contributed by atoms with Crippen LogP contribution >= 0.6 is 12.4 Å². The third-order valence-electron chi connectivity index (χ3n) is 2.27. The van der Waals surface area contributed by atoms with E-state index in [1.54, 1.807) is 13.4 Å². The number of halogens is 1. The van der Waals surface area contributed by atoms with Gasteiger partial charge in [0.1, 0.15) is 11.3 Å². The summed E-state index contributed by atoms with van der Waals surface area (Å²) in [6.45, 7) is 0.625. The van der Waals surface area contributed by atoms with Crippen LogP contribution < -0.4 is 10.5 Å². The lowest BCUT2D eigenvalue weighted by Crippen LogP contribution is -2.04. The largest absolute Gasteiger partial charge is 0.496 e. The summed E-state index contributed by atoms with van der Waals surface area (Å²) in [7, 11) is 1.66. The van der Waals surface area contributed by atoms with Crippen molar-refractivity contribution < 1.29 is 9.15 Å². The Morgan fingerprint density at radius 3 is 2.87 bits per heavy atom. The topological polar surface area (TPSA) is 48.4 Å². The molecule has 1 aromatic heterocycles. The van der Waals surface area contributed by atoms with Gasteiger partial charge < -0.3 is 14.9 Å². The molecule has 0 fully saturated rings. The number of fused-ring (bicyclic) bond motifs is 1. The third-order valence-corrected chi connectivity index (χ3v) is 2.27. The zero-order valence-electron chi connectivity index (χ0n) is 8.53. The summed E-state index contributed by atoms with van der Waals surface area (Å²) in [6, 6.07) is 5.90. The highest BCUT2D eigenvalue weighted by atomic mass is 35.5. The number of furan rings is 1. The minimum absolute atomic E-state index is 0. The van der Waals surface area contributed by atoms with Crippen LogP contribution in [0.3, 0.4) is 0 Å². The van der Waals surface area contributed by atoms with Crippen LogP contribution in [0.15, 0.2) is 28.9 Å². The number of rotatable bonds is 3. The normalized spacial score (nSPS) is 10.0. The molecule has 0 radical (unpaired) electrons. The van der Waals surface area contributed by atoms with Crippen molar-refractivity contribution in [2.45, 2.75) is 6.42 Å². The third kappa shape index (κ3) is 2.25. The summed E-state index contributed by atoms with van der Waals surface area (Å²) < 4.78 is 10.5. The van der Waals surface area contributed by atoms with Crippen LogP contribution in [0.1, 0.15) is 5.56 Å². The highest BCUT2D eigenvalue weighted by molar-refractivity contribution is 5.85. The average molecular weight is 228 g/mol. The molecule has 0 unspecified atom stereocenters. The molecular weight excluding hydrogens is 214 g/mol. The minimum atomic E-state index is 0. The fourth-order valence-electron chi connectivity index (χ4n) is 1.58. The van der Waals surface area contributed by atoms with Crippen LogP contribution in [0.5, 0.6) is 5.75 Å². The molecule has 2 rings (SSSR count). The fraction of sp³-hybridized carbons (Fsp3) is 0.273. The summed E-state index contributed by atoms with van der Waals surface area (Å²) in [6.07, 6.45) is 2.50. The predicted octanol–water partition coefficient (Wildman–Crippen LogP) is 2.36. The van der Waals surface area contributed by atoms with Crippen LogP contribution in [0.2, 0.25) is 0 Å². The Kier molecular flexibility index (Phi) is 4.00. The molecule has 1 aromatic carbocycles. The Labute approximate surface area is 94.6 Å². The van der Waals surface area contributed by atoms with Gasteiger partial charge in [-0.1, -0.05) is 0 Å². The van der Waals surface area contributed by atoms with E-state index in [2.05, 4.69) is 6.07 Å². The van der Waals surface area contributed by atoms with E-state index in [0.29, 0.717) is 6.54 Å². The lowest BCUT2D eigenvalue weighted by Gasteiger charge is -2.06. The zero-order chi connectivity index (χ0) is 9.97. The second kappa shape index (κ2) is 5.05. The maximum Gasteiger partial charge on any atom is 0.137 e. The molecule has 2 aromatic rings. The van der Waals surface area contributed by atoms with Crippen LogP contribution in [0.4, 0.5) is 0 Å². The van der Waals surface area contributed by atoms with E-state index in [-0.39, 0.29) is 12.4 Å². The Bertz CT molecular complexity index is 439. The Hall–Kier alpha value is -1.19. The van der Waals surface area contributed by atoms with E-state index < -0.39 is 0 Å². The zero-order valence-corrected chi connectivity index (χ0v) is 9.34. The summed E-state index contributed by atoms with van der Waals surface area (Å²) in [4.78, 5) is 0. The molecule has 2 N–H and O–H groups in total. The number of ether oxygens (including phenoxy) is 1. The van der Waals surface area contributed by atoms with Gasteiger partial charge in [0, 0.05) is 11.5 Å². The molecule has 1 heterocycles. The van der Waals surface area contributed by atoms with Crippen LogP contribution in [0, 0.1) is 0 Å². The van der Waals surface area contributed by atoms with E-state index in [9.17, 15) is 0 Å². The number of hydrogen-bond acceptors (Lipinski definition) is 3. The van der Waals surface area contributed by atoms with Gasteiger partial charge in [-0.2, -0.15) is 0 Å². The number of benzene rings is 1. The van der Waals surface area contributed by atoms with Gasteiger partial charge in [-0.3, -0.25) is 0 Å². The molecule has 0 aliphatic rings. The van der Waals surface area contributed by atoms with E-state index in [0.717, 1.165) is 28.7 Å². The van der Waals surface area contributed by atoms with Gasteiger partial charge in [-0.25, -0.2) is 0 Å². The summed E-state index contributed by atoms with van der Waals surface area (Å²) in [5.74, 6) is 0.845. The van der Waals surface area contributed by atoms with Crippen LogP contribution in [-0.4, -0.2) is 13.7 Å². The van der Waals surface area contributed by atoms with Crippen molar-refractivity contribution in [2.75, 3.05) is 13.7 Å². The first kappa shape index (κ1) is 11.9. The maximum absolute atomic E-state index is 5.52. The fourth-order valence-corrected chi connectivity index (χ4v) is 1.58. The summed E-state index contributed by atoms with van der Waals surface area (Å²) >= 11 is 0. The van der Waals surface area contributed by atoms with Gasteiger partial charge in [-0.15, -0.1) is 12.4 Å². The van der Waals surface area contributed by atoms with Gasteiger partial charge in [0.15, 0.2) is 0 Å². The molecule has 15 heavy (non-hydrogen) atoms. The first-order valence-electron chi connectivity index (χ1n) is 4.59. The predicted molar refractivity (Wildman–Crippen MR) is 62.8 cm³/mol. The highest BCUT2D eigenvalue weighted by Gasteiger charge is 2.06. The van der Waals surface area contributed by atoms with Crippen molar-refractivity contribution >= 4 is 23.4 Å². The van der Waals surface area contributed by atoms with E-state index >= 15 is 0 Å². The van der Waals surface area contributed by atoms with Crippen molar-refractivity contribution in [3.8, 4) is 5.75 Å². The quantitative estimate of drug-likeness (QED) is 0.876. The molecule has 0 aliphatic carbocycles. The van der Waals surface area contributed by atoms with E-state index in [1.807, 2.05) is 12.1 Å². The molecule has 0 spiro atoms. The second-order valence-corrected chi connectivity index (χ2v) is 3.16. The summed E-state index contributed by atoms with van der Waals surface area (Å²) in [5, 5.41) is 1.09. The van der Waals surface area contributed by atoms with Crippen molar-refractivity contribution in [2.24, 2.45) is 5.73 Å². The van der Waals surface area contributed by atoms with Crippen molar-refractivity contribution in [1.82, 2.24) is 0 Å². The van der Waals surface area contributed by atoms with Gasteiger partial charge >= 0.3 is 0 Å². The lowest BCUT2D eigenvalue weighted by atomic mass is 10.1. The molecule has 0 saturated heterocycles. The van der Waals surface area contributed by atoms with E-state index in [1.165, 1.54) is 0 Å². The second-order valence-electron chi connectivity index (χ2n) is 3.16. The molecule has 4 heteroatoms. The Morgan fingerprint density at radius 2 is 2.20 bits per heavy atom. The van der Waals surface area contributed by atoms with Crippen molar-refractivity contribution in [1.29, 1.82) is 0 Å².